The maximum absolute atomic E-state index is 14.0. The van der Waals surface area contributed by atoms with Crippen molar-refractivity contribution < 1.29 is 22.4 Å². The second-order valence-electron chi connectivity index (χ2n) is 7.33. The van der Waals surface area contributed by atoms with Gasteiger partial charge in [-0.3, -0.25) is 4.68 Å². The smallest absolute Gasteiger partial charge is 0.380 e. The van der Waals surface area contributed by atoms with Crippen LogP contribution in [-0.4, -0.2) is 22.0 Å². The standard InChI is InChI=1S/C20H19ClF3N3O2/c1-11-7-12(8-11)27-19(20(22,23)24)14(9-25-27)18-15(10-28-2)17(26-29-18)13-5-3-4-6-16(13)21/h3-6,9,11-12H,7-8,10H2,1-2H3. The lowest BCUT2D eigenvalue weighted by atomic mass is 9.82. The maximum Gasteiger partial charge on any atom is 0.433 e. The summed E-state index contributed by atoms with van der Waals surface area (Å²) in [6, 6.07) is 6.66. The van der Waals surface area contributed by atoms with Crippen LogP contribution in [0.5, 0.6) is 0 Å². The van der Waals surface area contributed by atoms with E-state index in [1.807, 2.05) is 6.92 Å². The van der Waals surface area contributed by atoms with Crippen molar-refractivity contribution in [3.05, 3.63) is 46.7 Å². The third-order valence-electron chi connectivity index (χ3n) is 5.21. The third-order valence-corrected chi connectivity index (χ3v) is 5.54. The lowest BCUT2D eigenvalue weighted by Gasteiger charge is -2.34. The highest BCUT2D eigenvalue weighted by Gasteiger charge is 2.43. The summed E-state index contributed by atoms with van der Waals surface area (Å²) in [5.41, 5.74) is 0.340. The largest absolute Gasteiger partial charge is 0.433 e. The number of hydrogen-bond acceptors (Lipinski definition) is 4. The first kappa shape index (κ1) is 20.0. The first-order valence-corrected chi connectivity index (χ1v) is 9.56. The van der Waals surface area contributed by atoms with Gasteiger partial charge in [-0.05, 0) is 24.8 Å². The first-order chi connectivity index (χ1) is 13.8. The van der Waals surface area contributed by atoms with E-state index in [9.17, 15) is 13.2 Å². The molecule has 1 aliphatic rings. The number of hydrogen-bond donors (Lipinski definition) is 0. The number of alkyl halides is 3. The molecule has 2 heterocycles. The summed E-state index contributed by atoms with van der Waals surface area (Å²) >= 11 is 6.26. The van der Waals surface area contributed by atoms with Gasteiger partial charge in [0, 0.05) is 12.7 Å². The van der Waals surface area contributed by atoms with Crippen LogP contribution in [0.4, 0.5) is 13.2 Å². The van der Waals surface area contributed by atoms with Crippen molar-refractivity contribution in [2.45, 2.75) is 38.6 Å². The zero-order valence-electron chi connectivity index (χ0n) is 15.8. The molecule has 1 saturated carbocycles. The number of ether oxygens (including phenoxy) is 1. The SMILES string of the molecule is COCc1c(-c2ccccc2Cl)noc1-c1cnn(C2CC(C)C2)c1C(F)(F)F. The minimum Gasteiger partial charge on any atom is -0.380 e. The van der Waals surface area contributed by atoms with Crippen molar-refractivity contribution >= 4 is 11.6 Å². The number of aromatic nitrogens is 3. The topological polar surface area (TPSA) is 53.1 Å². The summed E-state index contributed by atoms with van der Waals surface area (Å²) < 4.78 is 53.6. The predicted molar refractivity (Wildman–Crippen MR) is 101 cm³/mol. The third kappa shape index (κ3) is 3.55. The lowest BCUT2D eigenvalue weighted by molar-refractivity contribution is -0.145. The van der Waals surface area contributed by atoms with E-state index in [-0.39, 0.29) is 24.0 Å². The first-order valence-electron chi connectivity index (χ1n) is 9.18. The molecule has 0 N–H and O–H groups in total. The van der Waals surface area contributed by atoms with Crippen LogP contribution in [0.25, 0.3) is 22.6 Å². The number of benzene rings is 1. The Hall–Kier alpha value is -2.32. The van der Waals surface area contributed by atoms with E-state index < -0.39 is 11.9 Å². The second kappa shape index (κ2) is 7.50. The van der Waals surface area contributed by atoms with Crippen molar-refractivity contribution in [1.29, 1.82) is 0 Å². The van der Waals surface area contributed by atoms with Gasteiger partial charge in [0.15, 0.2) is 11.5 Å². The van der Waals surface area contributed by atoms with Gasteiger partial charge in [-0.1, -0.05) is 41.9 Å². The summed E-state index contributed by atoms with van der Waals surface area (Å²) in [6.07, 6.45) is -2.07. The van der Waals surface area contributed by atoms with Crippen LogP contribution in [-0.2, 0) is 17.5 Å². The zero-order valence-corrected chi connectivity index (χ0v) is 16.6. The van der Waals surface area contributed by atoms with Gasteiger partial charge >= 0.3 is 6.18 Å². The van der Waals surface area contributed by atoms with Crippen LogP contribution in [0.3, 0.4) is 0 Å². The molecule has 9 heteroatoms. The van der Waals surface area contributed by atoms with E-state index in [4.69, 9.17) is 20.9 Å². The molecule has 0 unspecified atom stereocenters. The molecule has 0 amide bonds. The van der Waals surface area contributed by atoms with Crippen molar-refractivity contribution in [1.82, 2.24) is 14.9 Å². The molecule has 5 nitrogen and oxygen atoms in total. The quantitative estimate of drug-likeness (QED) is 0.503. The van der Waals surface area contributed by atoms with E-state index in [1.165, 1.54) is 13.3 Å². The fourth-order valence-corrected chi connectivity index (χ4v) is 4.04. The molecule has 154 valence electrons. The second-order valence-corrected chi connectivity index (χ2v) is 7.74. The molecule has 0 atom stereocenters. The minimum atomic E-state index is -4.59. The number of methoxy groups -OCH3 is 1. The van der Waals surface area contributed by atoms with Gasteiger partial charge < -0.3 is 9.26 Å². The highest BCUT2D eigenvalue weighted by atomic mass is 35.5. The van der Waals surface area contributed by atoms with Crippen molar-refractivity contribution in [2.75, 3.05) is 7.11 Å². The molecular formula is C20H19ClF3N3O2. The Balaban J connectivity index is 1.86. The normalized spacial score (nSPS) is 19.4. The molecule has 1 aliphatic carbocycles. The molecule has 0 aliphatic heterocycles. The molecule has 0 saturated heterocycles. The van der Waals surface area contributed by atoms with Crippen molar-refractivity contribution in [3.63, 3.8) is 0 Å². The summed E-state index contributed by atoms with van der Waals surface area (Å²) in [6.45, 7) is 2.03. The molecule has 4 rings (SSSR count). The lowest BCUT2D eigenvalue weighted by Crippen LogP contribution is -2.29. The number of halogens is 4. The van der Waals surface area contributed by atoms with E-state index in [0.717, 1.165) is 4.68 Å². The van der Waals surface area contributed by atoms with Crippen LogP contribution in [0.2, 0.25) is 5.02 Å². The van der Waals surface area contributed by atoms with E-state index in [2.05, 4.69) is 10.3 Å². The van der Waals surface area contributed by atoms with Crippen molar-refractivity contribution in [3.8, 4) is 22.6 Å². The van der Waals surface area contributed by atoms with Gasteiger partial charge in [-0.2, -0.15) is 18.3 Å². The highest BCUT2D eigenvalue weighted by molar-refractivity contribution is 6.33. The van der Waals surface area contributed by atoms with E-state index >= 15 is 0 Å². The molecular weight excluding hydrogens is 407 g/mol. The van der Waals surface area contributed by atoms with E-state index in [1.54, 1.807) is 24.3 Å². The average molecular weight is 426 g/mol. The highest BCUT2D eigenvalue weighted by Crippen LogP contribution is 2.46. The Morgan fingerprint density at radius 2 is 1.97 bits per heavy atom. The van der Waals surface area contributed by atoms with Gasteiger partial charge in [0.1, 0.15) is 5.69 Å². The molecule has 0 radical (unpaired) electrons. The minimum absolute atomic E-state index is 0.00674. The van der Waals surface area contributed by atoms with Crippen LogP contribution in [0.1, 0.15) is 37.1 Å². The summed E-state index contributed by atoms with van der Waals surface area (Å²) in [5, 5.41) is 8.50. The maximum atomic E-state index is 14.0. The molecule has 3 aromatic rings. The summed E-state index contributed by atoms with van der Waals surface area (Å²) in [4.78, 5) is 0. The van der Waals surface area contributed by atoms with Gasteiger partial charge in [0.2, 0.25) is 0 Å². The van der Waals surface area contributed by atoms with Crippen LogP contribution in [0, 0.1) is 5.92 Å². The van der Waals surface area contributed by atoms with Gasteiger partial charge in [0.05, 0.1) is 35.0 Å². The van der Waals surface area contributed by atoms with Crippen molar-refractivity contribution in [2.24, 2.45) is 5.92 Å². The van der Waals surface area contributed by atoms with Crippen LogP contribution >= 0.6 is 11.6 Å². The van der Waals surface area contributed by atoms with Crippen LogP contribution < -0.4 is 0 Å². The van der Waals surface area contributed by atoms with Gasteiger partial charge in [-0.15, -0.1) is 0 Å². The Kier molecular flexibility index (Phi) is 5.16. The average Bonchev–Trinajstić information content (AvgIpc) is 3.23. The summed E-state index contributed by atoms with van der Waals surface area (Å²) in [5.74, 6) is 0.377. The molecule has 0 bridgehead atoms. The number of rotatable bonds is 5. The fourth-order valence-electron chi connectivity index (χ4n) is 3.81. The monoisotopic (exact) mass is 425 g/mol. The molecule has 1 aromatic carbocycles. The van der Waals surface area contributed by atoms with Gasteiger partial charge in [0.25, 0.3) is 0 Å². The molecule has 2 aromatic heterocycles. The molecule has 1 fully saturated rings. The zero-order chi connectivity index (χ0) is 20.8. The Morgan fingerprint density at radius 3 is 2.59 bits per heavy atom. The Morgan fingerprint density at radius 1 is 1.24 bits per heavy atom. The Labute approximate surface area is 170 Å². The van der Waals surface area contributed by atoms with Gasteiger partial charge in [-0.25, -0.2) is 0 Å². The molecule has 0 spiro atoms. The fraction of sp³-hybridized carbons (Fsp3) is 0.400. The van der Waals surface area contributed by atoms with E-state index in [0.29, 0.717) is 40.6 Å². The Bertz CT molecular complexity index is 1020. The number of nitrogens with zero attached hydrogens (tertiary/aromatic N) is 3. The summed E-state index contributed by atoms with van der Waals surface area (Å²) in [7, 11) is 1.46. The van der Waals surface area contributed by atoms with Crippen LogP contribution in [0.15, 0.2) is 35.0 Å². The predicted octanol–water partition coefficient (Wildman–Crippen LogP) is 5.99. The molecule has 29 heavy (non-hydrogen) atoms.